The zero-order valence-electron chi connectivity index (χ0n) is 9.72. The highest BCUT2D eigenvalue weighted by Crippen LogP contribution is 2.18. The topological polar surface area (TPSA) is 20.2 Å². The van der Waals surface area contributed by atoms with E-state index in [4.69, 9.17) is 0 Å². The number of hydrogen-bond donors (Lipinski definition) is 1. The molecule has 0 saturated carbocycles. The van der Waals surface area contributed by atoms with E-state index >= 15 is 0 Å². The van der Waals surface area contributed by atoms with E-state index < -0.39 is 0 Å². The molecule has 0 amide bonds. The Morgan fingerprint density at radius 2 is 1.69 bits per heavy atom. The third-order valence-electron chi connectivity index (χ3n) is 2.61. The number of rotatable bonds is 5. The highest BCUT2D eigenvalue weighted by atomic mass is 16.3. The molecule has 13 heavy (non-hydrogen) atoms. The molecule has 1 N–H and O–H groups in total. The molecule has 0 radical (unpaired) electrons. The Kier molecular flexibility index (Phi) is 6.06. The minimum absolute atomic E-state index is 0.151. The van der Waals surface area contributed by atoms with Crippen LogP contribution < -0.4 is 0 Å². The summed E-state index contributed by atoms with van der Waals surface area (Å²) in [6.45, 7) is 10.6. The minimum atomic E-state index is -0.151. The Morgan fingerprint density at radius 3 is 2.08 bits per heavy atom. The van der Waals surface area contributed by atoms with Crippen LogP contribution >= 0.6 is 0 Å². The molecule has 0 bridgehead atoms. The van der Waals surface area contributed by atoms with Gasteiger partial charge in [-0.15, -0.1) is 0 Å². The van der Waals surface area contributed by atoms with Crippen LogP contribution in [-0.4, -0.2) is 11.2 Å². The highest BCUT2D eigenvalue weighted by Gasteiger charge is 2.06. The number of hydrogen-bond acceptors (Lipinski definition) is 1. The predicted octanol–water partition coefficient (Wildman–Crippen LogP) is 3.53. The van der Waals surface area contributed by atoms with E-state index in [2.05, 4.69) is 27.7 Å². The van der Waals surface area contributed by atoms with Crippen LogP contribution in [0.1, 0.15) is 53.9 Å². The molecule has 0 aromatic rings. The zero-order chi connectivity index (χ0) is 10.4. The first-order chi connectivity index (χ1) is 5.93. The van der Waals surface area contributed by atoms with Gasteiger partial charge >= 0.3 is 0 Å². The lowest BCUT2D eigenvalue weighted by Crippen LogP contribution is -2.07. The SMILES string of the molecule is CC(C)=C(C)CC[C@H](C)C[C@@H](C)O. The van der Waals surface area contributed by atoms with Crippen molar-refractivity contribution in [2.75, 3.05) is 0 Å². The van der Waals surface area contributed by atoms with Gasteiger partial charge in [0.05, 0.1) is 6.10 Å². The molecule has 0 heterocycles. The lowest BCUT2D eigenvalue weighted by atomic mass is 9.95. The van der Waals surface area contributed by atoms with E-state index in [9.17, 15) is 5.11 Å². The monoisotopic (exact) mass is 184 g/mol. The second kappa shape index (κ2) is 6.20. The Bertz CT molecular complexity index is 164. The average Bonchev–Trinajstić information content (AvgIpc) is 1.98. The standard InChI is InChI=1S/C12H24O/c1-9(2)11(4)7-6-10(3)8-12(5)13/h10,12-13H,6-8H2,1-5H3/t10-,12+/m0/s1. The van der Waals surface area contributed by atoms with Crippen molar-refractivity contribution in [2.24, 2.45) is 5.92 Å². The van der Waals surface area contributed by atoms with Gasteiger partial charge in [-0.2, -0.15) is 0 Å². The maximum absolute atomic E-state index is 9.19. The molecule has 1 nitrogen and oxygen atoms in total. The van der Waals surface area contributed by atoms with Gasteiger partial charge in [-0.3, -0.25) is 0 Å². The second-order valence-electron chi connectivity index (χ2n) is 4.51. The summed E-state index contributed by atoms with van der Waals surface area (Å²) >= 11 is 0. The number of aliphatic hydroxyl groups is 1. The summed E-state index contributed by atoms with van der Waals surface area (Å²) in [5, 5.41) is 9.19. The molecule has 0 aliphatic carbocycles. The fourth-order valence-electron chi connectivity index (χ4n) is 1.41. The summed E-state index contributed by atoms with van der Waals surface area (Å²) in [5.41, 5.74) is 2.93. The smallest absolute Gasteiger partial charge is 0.0514 e. The molecule has 0 unspecified atom stereocenters. The third kappa shape index (κ3) is 6.83. The van der Waals surface area contributed by atoms with Gasteiger partial charge in [0.25, 0.3) is 0 Å². The molecule has 0 aromatic heterocycles. The van der Waals surface area contributed by atoms with Crippen LogP contribution in [0, 0.1) is 5.92 Å². The van der Waals surface area contributed by atoms with Crippen molar-refractivity contribution in [1.82, 2.24) is 0 Å². The summed E-state index contributed by atoms with van der Waals surface area (Å²) in [4.78, 5) is 0. The Labute approximate surface area is 82.9 Å². The van der Waals surface area contributed by atoms with Crippen LogP contribution in [0.3, 0.4) is 0 Å². The molecular weight excluding hydrogens is 160 g/mol. The van der Waals surface area contributed by atoms with Crippen molar-refractivity contribution in [3.05, 3.63) is 11.1 Å². The fraction of sp³-hybridized carbons (Fsp3) is 0.833. The van der Waals surface area contributed by atoms with Crippen molar-refractivity contribution in [2.45, 2.75) is 60.0 Å². The summed E-state index contributed by atoms with van der Waals surface area (Å²) in [6, 6.07) is 0. The molecule has 1 heteroatoms. The first-order valence-electron chi connectivity index (χ1n) is 5.24. The van der Waals surface area contributed by atoms with Gasteiger partial charge in [0.15, 0.2) is 0 Å². The van der Waals surface area contributed by atoms with E-state index in [1.165, 1.54) is 24.0 Å². The molecule has 0 rings (SSSR count). The number of allylic oxidation sites excluding steroid dienone is 2. The van der Waals surface area contributed by atoms with Crippen LogP contribution in [0.25, 0.3) is 0 Å². The molecule has 0 spiro atoms. The Balaban J connectivity index is 3.70. The van der Waals surface area contributed by atoms with E-state index in [0.717, 1.165) is 6.42 Å². The summed E-state index contributed by atoms with van der Waals surface area (Å²) in [5.74, 6) is 0.634. The van der Waals surface area contributed by atoms with Crippen molar-refractivity contribution in [3.63, 3.8) is 0 Å². The first kappa shape index (κ1) is 12.7. The van der Waals surface area contributed by atoms with Gasteiger partial charge in [-0.25, -0.2) is 0 Å². The largest absolute Gasteiger partial charge is 0.393 e. The molecule has 0 aliphatic heterocycles. The average molecular weight is 184 g/mol. The van der Waals surface area contributed by atoms with Crippen molar-refractivity contribution < 1.29 is 5.11 Å². The molecule has 0 fully saturated rings. The Morgan fingerprint density at radius 1 is 1.15 bits per heavy atom. The van der Waals surface area contributed by atoms with Gasteiger partial charge < -0.3 is 5.11 Å². The molecule has 0 saturated heterocycles. The summed E-state index contributed by atoms with van der Waals surface area (Å²) < 4.78 is 0. The zero-order valence-corrected chi connectivity index (χ0v) is 9.72. The van der Waals surface area contributed by atoms with Crippen LogP contribution in [-0.2, 0) is 0 Å². The van der Waals surface area contributed by atoms with Crippen LogP contribution in [0.5, 0.6) is 0 Å². The van der Waals surface area contributed by atoms with E-state index in [1.807, 2.05) is 6.92 Å². The maximum atomic E-state index is 9.19. The predicted molar refractivity (Wildman–Crippen MR) is 58.7 cm³/mol. The van der Waals surface area contributed by atoms with Crippen molar-refractivity contribution >= 4 is 0 Å². The molecular formula is C12H24O. The second-order valence-corrected chi connectivity index (χ2v) is 4.51. The fourth-order valence-corrected chi connectivity index (χ4v) is 1.41. The van der Waals surface area contributed by atoms with Gasteiger partial charge in [-0.05, 0) is 52.9 Å². The summed E-state index contributed by atoms with van der Waals surface area (Å²) in [6.07, 6.45) is 3.15. The normalized spacial score (nSPS) is 15.2. The third-order valence-corrected chi connectivity index (χ3v) is 2.61. The minimum Gasteiger partial charge on any atom is -0.393 e. The maximum Gasteiger partial charge on any atom is 0.0514 e. The molecule has 0 aliphatic rings. The lowest BCUT2D eigenvalue weighted by molar-refractivity contribution is 0.162. The van der Waals surface area contributed by atoms with Crippen LogP contribution in [0.4, 0.5) is 0 Å². The molecule has 78 valence electrons. The van der Waals surface area contributed by atoms with Gasteiger partial charge in [0, 0.05) is 0 Å². The van der Waals surface area contributed by atoms with Gasteiger partial charge in [0.1, 0.15) is 0 Å². The Hall–Kier alpha value is -0.300. The lowest BCUT2D eigenvalue weighted by Gasteiger charge is -2.13. The van der Waals surface area contributed by atoms with E-state index in [0.29, 0.717) is 5.92 Å². The summed E-state index contributed by atoms with van der Waals surface area (Å²) in [7, 11) is 0. The van der Waals surface area contributed by atoms with Crippen LogP contribution in [0.2, 0.25) is 0 Å². The molecule has 0 aromatic carbocycles. The quantitative estimate of drug-likeness (QED) is 0.648. The highest BCUT2D eigenvalue weighted by molar-refractivity contribution is 5.06. The molecule has 2 atom stereocenters. The number of aliphatic hydroxyl groups excluding tert-OH is 1. The van der Waals surface area contributed by atoms with Gasteiger partial charge in [0.2, 0.25) is 0 Å². The first-order valence-corrected chi connectivity index (χ1v) is 5.24. The van der Waals surface area contributed by atoms with Crippen LogP contribution in [0.15, 0.2) is 11.1 Å². The van der Waals surface area contributed by atoms with Gasteiger partial charge in [-0.1, -0.05) is 18.1 Å². The van der Waals surface area contributed by atoms with Crippen molar-refractivity contribution in [1.29, 1.82) is 0 Å². The van der Waals surface area contributed by atoms with E-state index in [-0.39, 0.29) is 6.10 Å². The van der Waals surface area contributed by atoms with E-state index in [1.54, 1.807) is 0 Å². The van der Waals surface area contributed by atoms with Crippen molar-refractivity contribution in [3.8, 4) is 0 Å².